The molecule has 2 N–H and O–H groups in total. The first kappa shape index (κ1) is 19.3. The quantitative estimate of drug-likeness (QED) is 0.588. The zero-order valence-corrected chi connectivity index (χ0v) is 15.3. The van der Waals surface area contributed by atoms with Gasteiger partial charge in [0.15, 0.2) is 0 Å². The van der Waals surface area contributed by atoms with Gasteiger partial charge in [-0.25, -0.2) is 0 Å². The second-order valence-corrected chi connectivity index (χ2v) is 6.84. The Bertz CT molecular complexity index is 945. The number of nitrogens with zero attached hydrogens (tertiary/aromatic N) is 3. The van der Waals surface area contributed by atoms with E-state index >= 15 is 0 Å². The van der Waals surface area contributed by atoms with Crippen molar-refractivity contribution in [2.75, 3.05) is 26.7 Å². The molecule has 2 aromatic rings. The van der Waals surface area contributed by atoms with Crippen molar-refractivity contribution >= 4 is 34.4 Å². The summed E-state index contributed by atoms with van der Waals surface area (Å²) in [6.45, 7) is 0.529. The summed E-state index contributed by atoms with van der Waals surface area (Å²) in [5.41, 5.74) is 0.284. The van der Waals surface area contributed by atoms with Gasteiger partial charge in [-0.05, 0) is 18.9 Å². The van der Waals surface area contributed by atoms with Crippen molar-refractivity contribution in [2.45, 2.75) is 12.8 Å². The topological polar surface area (TPSA) is 137 Å². The number of H-pyrrole nitrogens is 1. The van der Waals surface area contributed by atoms with Crippen molar-refractivity contribution in [3.05, 3.63) is 40.1 Å². The van der Waals surface area contributed by atoms with Gasteiger partial charge in [-0.15, -0.1) is 0 Å². The molecule has 28 heavy (non-hydrogen) atoms. The number of hydrogen-bond acceptors (Lipinski definition) is 5. The molecule has 0 saturated carbocycles. The summed E-state index contributed by atoms with van der Waals surface area (Å²) in [5, 5.41) is 20.7. The zero-order chi connectivity index (χ0) is 20.4. The zero-order valence-electron chi connectivity index (χ0n) is 15.3. The first-order chi connectivity index (χ1) is 13.3. The lowest BCUT2D eigenvalue weighted by atomic mass is 9.97. The molecule has 0 spiro atoms. The highest BCUT2D eigenvalue weighted by Crippen LogP contribution is 2.26. The van der Waals surface area contributed by atoms with Gasteiger partial charge in [0.05, 0.1) is 17.4 Å². The normalized spacial score (nSPS) is 14.8. The van der Waals surface area contributed by atoms with Crippen LogP contribution < -0.4 is 0 Å². The number of rotatable bonds is 5. The van der Waals surface area contributed by atoms with Gasteiger partial charge in [0.25, 0.3) is 11.6 Å². The van der Waals surface area contributed by atoms with Gasteiger partial charge in [0.1, 0.15) is 11.2 Å². The number of aromatic amines is 1. The second-order valence-electron chi connectivity index (χ2n) is 6.84. The Morgan fingerprint density at radius 2 is 2.00 bits per heavy atom. The number of carboxylic acids is 1. The molecule has 10 nitrogen and oxygen atoms in total. The molecule has 2 heterocycles. The fraction of sp³-hybridized carbons (Fsp3) is 0.389. The van der Waals surface area contributed by atoms with E-state index in [4.69, 9.17) is 5.11 Å². The molecule has 0 aliphatic carbocycles. The van der Waals surface area contributed by atoms with Crippen LogP contribution >= 0.6 is 0 Å². The molecule has 1 saturated heterocycles. The predicted octanol–water partition coefficient (Wildman–Crippen LogP) is 1.47. The number of fused-ring (bicyclic) bond motifs is 1. The molecule has 2 amide bonds. The molecular weight excluding hydrogens is 368 g/mol. The van der Waals surface area contributed by atoms with E-state index in [0.717, 1.165) is 0 Å². The number of piperidine rings is 1. The molecule has 1 aliphatic rings. The summed E-state index contributed by atoms with van der Waals surface area (Å²) >= 11 is 0. The van der Waals surface area contributed by atoms with Crippen molar-refractivity contribution in [1.82, 2.24) is 14.8 Å². The molecule has 148 valence electrons. The lowest BCUT2D eigenvalue weighted by Gasteiger charge is -2.31. The number of carbonyl (C=O) groups excluding carboxylic acids is 2. The number of para-hydroxylation sites is 1. The maximum absolute atomic E-state index is 12.6. The van der Waals surface area contributed by atoms with Gasteiger partial charge in [-0.3, -0.25) is 24.5 Å². The number of benzene rings is 1. The SMILES string of the molecule is CN(CC(=O)N1CCC(C(=O)O)CC1)C(=O)c1cc2cccc([N+](=O)[O-])c2[nH]1. The predicted molar refractivity (Wildman–Crippen MR) is 98.9 cm³/mol. The molecule has 0 atom stereocenters. The number of carbonyl (C=O) groups is 3. The first-order valence-electron chi connectivity index (χ1n) is 8.80. The van der Waals surface area contributed by atoms with Crippen LogP contribution in [0.3, 0.4) is 0 Å². The highest BCUT2D eigenvalue weighted by molar-refractivity contribution is 6.01. The minimum atomic E-state index is -0.854. The molecule has 0 unspecified atom stereocenters. The minimum absolute atomic E-state index is 0.128. The number of likely N-dealkylation sites (N-methyl/N-ethyl adjacent to an activating group) is 1. The Kier molecular flexibility index (Phi) is 5.30. The van der Waals surface area contributed by atoms with Crippen LogP contribution in [0.5, 0.6) is 0 Å². The molecular formula is C18H20N4O6. The first-order valence-corrected chi connectivity index (χ1v) is 8.80. The third-order valence-electron chi connectivity index (χ3n) is 4.98. The van der Waals surface area contributed by atoms with Crippen LogP contribution in [0, 0.1) is 16.0 Å². The molecule has 3 rings (SSSR count). The fourth-order valence-electron chi connectivity index (χ4n) is 3.36. The maximum Gasteiger partial charge on any atom is 0.306 e. The van der Waals surface area contributed by atoms with Gasteiger partial charge in [-0.1, -0.05) is 12.1 Å². The fourth-order valence-corrected chi connectivity index (χ4v) is 3.36. The van der Waals surface area contributed by atoms with Crippen LogP contribution in [0.25, 0.3) is 10.9 Å². The van der Waals surface area contributed by atoms with Crippen molar-refractivity contribution < 1.29 is 24.4 Å². The van der Waals surface area contributed by atoms with E-state index in [1.807, 2.05) is 0 Å². The summed E-state index contributed by atoms with van der Waals surface area (Å²) in [6, 6.07) is 6.06. The Morgan fingerprint density at radius 1 is 1.32 bits per heavy atom. The van der Waals surface area contributed by atoms with E-state index < -0.39 is 22.7 Å². The van der Waals surface area contributed by atoms with Gasteiger partial charge in [0, 0.05) is 31.6 Å². The number of aliphatic carboxylic acids is 1. The lowest BCUT2D eigenvalue weighted by Crippen LogP contribution is -2.45. The summed E-state index contributed by atoms with van der Waals surface area (Å²) in [5.74, 6) is -2.01. The summed E-state index contributed by atoms with van der Waals surface area (Å²) in [4.78, 5) is 52.2. The Hall–Kier alpha value is -3.43. The number of likely N-dealkylation sites (tertiary alicyclic amines) is 1. The smallest absolute Gasteiger partial charge is 0.306 e. The number of carboxylic acid groups (broad SMARTS) is 1. The van der Waals surface area contributed by atoms with Gasteiger partial charge >= 0.3 is 5.97 Å². The number of nitro benzene ring substituents is 1. The lowest BCUT2D eigenvalue weighted by molar-refractivity contribution is -0.383. The van der Waals surface area contributed by atoms with Crippen LogP contribution in [0.15, 0.2) is 24.3 Å². The van der Waals surface area contributed by atoms with Crippen LogP contribution in [-0.2, 0) is 9.59 Å². The highest BCUT2D eigenvalue weighted by atomic mass is 16.6. The number of aromatic nitrogens is 1. The van der Waals surface area contributed by atoms with Crippen LogP contribution in [0.2, 0.25) is 0 Å². The van der Waals surface area contributed by atoms with E-state index in [1.165, 1.54) is 30.1 Å². The maximum atomic E-state index is 12.6. The summed E-state index contributed by atoms with van der Waals surface area (Å²) in [6.07, 6.45) is 0.787. The molecule has 0 bridgehead atoms. The van der Waals surface area contributed by atoms with E-state index in [2.05, 4.69) is 4.98 Å². The largest absolute Gasteiger partial charge is 0.481 e. The highest BCUT2D eigenvalue weighted by Gasteiger charge is 2.28. The van der Waals surface area contributed by atoms with Crippen molar-refractivity contribution in [3.8, 4) is 0 Å². The molecule has 10 heteroatoms. The molecule has 1 aromatic heterocycles. The Labute approximate surface area is 159 Å². The molecule has 1 fully saturated rings. The number of hydrogen-bond donors (Lipinski definition) is 2. The van der Waals surface area contributed by atoms with E-state index in [1.54, 1.807) is 11.0 Å². The Morgan fingerprint density at radius 3 is 2.61 bits per heavy atom. The van der Waals surface area contributed by atoms with Crippen molar-refractivity contribution in [3.63, 3.8) is 0 Å². The van der Waals surface area contributed by atoms with Gasteiger partial charge in [0.2, 0.25) is 5.91 Å². The van der Waals surface area contributed by atoms with E-state index in [9.17, 15) is 24.5 Å². The average Bonchev–Trinajstić information content (AvgIpc) is 3.11. The minimum Gasteiger partial charge on any atom is -0.481 e. The van der Waals surface area contributed by atoms with Crippen LogP contribution in [0.4, 0.5) is 5.69 Å². The molecule has 1 aliphatic heterocycles. The van der Waals surface area contributed by atoms with Gasteiger partial charge in [-0.2, -0.15) is 0 Å². The molecule has 1 aromatic carbocycles. The van der Waals surface area contributed by atoms with Crippen molar-refractivity contribution in [1.29, 1.82) is 0 Å². The standard InChI is InChI=1S/C18H20N4O6/c1-20(10-15(23)21-7-5-11(6-8-21)18(25)26)17(24)13-9-12-3-2-4-14(22(27)28)16(12)19-13/h2-4,9,11,19H,5-8,10H2,1H3,(H,25,26). The monoisotopic (exact) mass is 388 g/mol. The number of nitro groups is 1. The number of amides is 2. The molecule has 0 radical (unpaired) electrons. The number of non-ortho nitro benzene ring substituents is 1. The summed E-state index contributed by atoms with van der Waals surface area (Å²) < 4.78 is 0. The summed E-state index contributed by atoms with van der Waals surface area (Å²) in [7, 11) is 1.48. The van der Waals surface area contributed by atoms with E-state index in [0.29, 0.717) is 31.3 Å². The third-order valence-corrected chi connectivity index (χ3v) is 4.98. The third kappa shape index (κ3) is 3.80. The van der Waals surface area contributed by atoms with Gasteiger partial charge < -0.3 is 19.9 Å². The number of nitrogens with one attached hydrogen (secondary N) is 1. The Balaban J connectivity index is 1.67. The van der Waals surface area contributed by atoms with E-state index in [-0.39, 0.29) is 29.3 Å². The van der Waals surface area contributed by atoms with Crippen LogP contribution in [0.1, 0.15) is 23.3 Å². The average molecular weight is 388 g/mol. The second kappa shape index (κ2) is 7.67. The van der Waals surface area contributed by atoms with Crippen LogP contribution in [-0.4, -0.2) is 69.3 Å². The van der Waals surface area contributed by atoms with Crippen molar-refractivity contribution in [2.24, 2.45) is 5.92 Å².